The van der Waals surface area contributed by atoms with Gasteiger partial charge < -0.3 is 10.0 Å². The number of nitrogens with zero attached hydrogens (tertiary/aromatic N) is 1. The number of aliphatic hydroxyl groups excluding tert-OH is 1. The maximum atomic E-state index is 13.9. The van der Waals surface area contributed by atoms with Crippen LogP contribution in [0, 0.1) is 11.3 Å². The molecule has 1 unspecified atom stereocenters. The molecule has 2 spiro atoms. The van der Waals surface area contributed by atoms with Gasteiger partial charge in [0.25, 0.3) is 5.91 Å². The molecule has 0 radical (unpaired) electrons. The zero-order valence-electron chi connectivity index (χ0n) is 20.3. The second-order valence-corrected chi connectivity index (χ2v) is 13.3. The van der Waals surface area contributed by atoms with E-state index in [1.54, 1.807) is 6.07 Å². The lowest BCUT2D eigenvalue weighted by molar-refractivity contribution is 0.0620. The van der Waals surface area contributed by atoms with E-state index in [9.17, 15) is 18.3 Å². The van der Waals surface area contributed by atoms with Gasteiger partial charge in [0, 0.05) is 28.9 Å². The summed E-state index contributed by atoms with van der Waals surface area (Å²) in [6, 6.07) is 13.1. The van der Waals surface area contributed by atoms with E-state index < -0.39 is 16.1 Å². The predicted octanol–water partition coefficient (Wildman–Crippen LogP) is 5.14. The summed E-state index contributed by atoms with van der Waals surface area (Å²) < 4.78 is 26.4. The van der Waals surface area contributed by atoms with Gasteiger partial charge in [0.1, 0.15) is 0 Å². The number of aliphatic hydroxyl groups is 1. The Labute approximate surface area is 207 Å². The standard InChI is InChI=1S/C28H34N2O4S/c1-35(33,34)29-22-8-9-24-23(17-22)28(14-12-27(10-11-27)13-15-28)18-30(24)26(32)21-7-3-6-20(16-21)25(31)19-4-2-5-19/h3,6-9,16-17,19,25,29,31H,2,4-5,10-15,18H2,1H3. The van der Waals surface area contributed by atoms with E-state index in [0.717, 1.165) is 55.2 Å². The molecular formula is C28H34N2O4S. The number of carbonyl (C=O) groups is 1. The molecule has 35 heavy (non-hydrogen) atoms. The molecular weight excluding hydrogens is 460 g/mol. The molecule has 1 heterocycles. The summed E-state index contributed by atoms with van der Waals surface area (Å²) >= 11 is 0. The SMILES string of the molecule is CS(=O)(=O)Nc1ccc2c(c1)C1(CCC3(CC3)CC1)CN2C(=O)c1cccc(C(O)C2CCC2)c1. The number of amides is 1. The Balaban J connectivity index is 1.34. The average molecular weight is 495 g/mol. The largest absolute Gasteiger partial charge is 0.388 e. The summed E-state index contributed by atoms with van der Waals surface area (Å²) in [6.07, 6.45) is 10.9. The van der Waals surface area contributed by atoms with Gasteiger partial charge >= 0.3 is 0 Å². The van der Waals surface area contributed by atoms with Crippen LogP contribution in [-0.2, 0) is 15.4 Å². The molecule has 0 aromatic heterocycles. The van der Waals surface area contributed by atoms with Gasteiger partial charge in [0.15, 0.2) is 0 Å². The molecule has 2 aromatic carbocycles. The molecule has 2 N–H and O–H groups in total. The average Bonchev–Trinajstić information content (AvgIpc) is 3.49. The summed E-state index contributed by atoms with van der Waals surface area (Å²) in [5.41, 5.74) is 4.30. The molecule has 4 aliphatic rings. The van der Waals surface area contributed by atoms with Gasteiger partial charge in [-0.25, -0.2) is 8.42 Å². The van der Waals surface area contributed by atoms with Crippen LogP contribution < -0.4 is 9.62 Å². The first-order valence-electron chi connectivity index (χ1n) is 12.9. The van der Waals surface area contributed by atoms with E-state index in [0.29, 0.717) is 23.2 Å². The highest BCUT2D eigenvalue weighted by Crippen LogP contribution is 2.62. The van der Waals surface area contributed by atoms with Crippen LogP contribution in [0.2, 0.25) is 0 Å². The number of carbonyl (C=O) groups excluding carboxylic acids is 1. The number of anilines is 2. The van der Waals surface area contributed by atoms with Crippen molar-refractivity contribution in [3.8, 4) is 0 Å². The van der Waals surface area contributed by atoms with E-state index >= 15 is 0 Å². The molecule has 3 aliphatic carbocycles. The Morgan fingerprint density at radius 2 is 1.77 bits per heavy atom. The Hall–Kier alpha value is -2.38. The number of hydrogen-bond acceptors (Lipinski definition) is 4. The minimum absolute atomic E-state index is 0.0543. The Morgan fingerprint density at radius 3 is 2.40 bits per heavy atom. The number of fused-ring (bicyclic) bond motifs is 2. The minimum atomic E-state index is -3.39. The van der Waals surface area contributed by atoms with Gasteiger partial charge in [-0.2, -0.15) is 0 Å². The summed E-state index contributed by atoms with van der Waals surface area (Å²) in [5, 5.41) is 10.8. The third kappa shape index (κ3) is 4.16. The van der Waals surface area contributed by atoms with E-state index in [1.807, 2.05) is 41.3 Å². The third-order valence-electron chi connectivity index (χ3n) is 9.16. The lowest BCUT2D eigenvalue weighted by Gasteiger charge is -2.38. The quantitative estimate of drug-likeness (QED) is 0.602. The molecule has 2 aromatic rings. The third-order valence-corrected chi connectivity index (χ3v) is 9.77. The first-order chi connectivity index (χ1) is 16.7. The molecule has 6 nitrogen and oxygen atoms in total. The summed E-state index contributed by atoms with van der Waals surface area (Å²) in [4.78, 5) is 15.7. The number of sulfonamides is 1. The molecule has 1 aliphatic heterocycles. The number of hydrogen-bond donors (Lipinski definition) is 2. The normalized spacial score (nSPS) is 23.1. The fourth-order valence-electron chi connectivity index (χ4n) is 6.53. The van der Waals surface area contributed by atoms with E-state index in [-0.39, 0.29) is 17.2 Å². The number of nitrogens with one attached hydrogen (secondary N) is 1. The van der Waals surface area contributed by atoms with E-state index in [1.165, 1.54) is 25.7 Å². The molecule has 1 amide bonds. The Bertz CT molecular complexity index is 1270. The fourth-order valence-corrected chi connectivity index (χ4v) is 7.09. The fraction of sp³-hybridized carbons (Fsp3) is 0.536. The lowest BCUT2D eigenvalue weighted by atomic mass is 9.66. The maximum absolute atomic E-state index is 13.9. The second kappa shape index (κ2) is 8.07. The van der Waals surface area contributed by atoms with Crippen LogP contribution in [-0.4, -0.2) is 32.2 Å². The van der Waals surface area contributed by atoms with Crippen LogP contribution in [0.25, 0.3) is 0 Å². The van der Waals surface area contributed by atoms with Crippen molar-refractivity contribution in [2.75, 3.05) is 22.4 Å². The van der Waals surface area contributed by atoms with E-state index in [4.69, 9.17) is 0 Å². The van der Waals surface area contributed by atoms with Crippen LogP contribution >= 0.6 is 0 Å². The van der Waals surface area contributed by atoms with Gasteiger partial charge in [-0.15, -0.1) is 0 Å². The van der Waals surface area contributed by atoms with Crippen molar-refractivity contribution in [2.45, 2.75) is 69.3 Å². The molecule has 0 saturated heterocycles. The molecule has 3 saturated carbocycles. The molecule has 186 valence electrons. The zero-order valence-corrected chi connectivity index (χ0v) is 21.1. The van der Waals surface area contributed by atoms with Gasteiger partial charge in [-0.05, 0) is 104 Å². The van der Waals surface area contributed by atoms with Gasteiger partial charge in [-0.3, -0.25) is 9.52 Å². The van der Waals surface area contributed by atoms with Crippen molar-refractivity contribution in [3.63, 3.8) is 0 Å². The molecule has 3 fully saturated rings. The van der Waals surface area contributed by atoms with Crippen molar-refractivity contribution in [3.05, 3.63) is 59.2 Å². The van der Waals surface area contributed by atoms with Crippen molar-refractivity contribution < 1.29 is 18.3 Å². The van der Waals surface area contributed by atoms with Crippen molar-refractivity contribution in [1.82, 2.24) is 0 Å². The number of rotatable bonds is 5. The predicted molar refractivity (Wildman–Crippen MR) is 137 cm³/mol. The molecule has 6 rings (SSSR count). The van der Waals surface area contributed by atoms with Crippen LogP contribution in [0.3, 0.4) is 0 Å². The lowest BCUT2D eigenvalue weighted by Crippen LogP contribution is -2.40. The van der Waals surface area contributed by atoms with Gasteiger partial charge in [0.05, 0.1) is 12.4 Å². The first-order valence-corrected chi connectivity index (χ1v) is 14.8. The molecule has 1 atom stereocenters. The Kier molecular flexibility index (Phi) is 5.31. The second-order valence-electron chi connectivity index (χ2n) is 11.5. The molecule has 0 bridgehead atoms. The summed E-state index contributed by atoms with van der Waals surface area (Å²) in [7, 11) is -3.39. The maximum Gasteiger partial charge on any atom is 0.258 e. The minimum Gasteiger partial charge on any atom is -0.388 e. The van der Waals surface area contributed by atoms with Gasteiger partial charge in [0.2, 0.25) is 10.0 Å². The van der Waals surface area contributed by atoms with E-state index in [2.05, 4.69) is 4.72 Å². The topological polar surface area (TPSA) is 86.7 Å². The van der Waals surface area contributed by atoms with Gasteiger partial charge in [-0.1, -0.05) is 18.6 Å². The highest BCUT2D eigenvalue weighted by atomic mass is 32.2. The highest BCUT2D eigenvalue weighted by Gasteiger charge is 2.53. The van der Waals surface area contributed by atoms with Crippen molar-refractivity contribution in [1.29, 1.82) is 0 Å². The smallest absolute Gasteiger partial charge is 0.258 e. The monoisotopic (exact) mass is 494 g/mol. The van der Waals surface area contributed by atoms with Crippen molar-refractivity contribution in [2.24, 2.45) is 11.3 Å². The molecule has 7 heteroatoms. The van der Waals surface area contributed by atoms with Crippen LogP contribution in [0.15, 0.2) is 42.5 Å². The summed E-state index contributed by atoms with van der Waals surface area (Å²) in [6.45, 7) is 0.620. The van der Waals surface area contributed by atoms with Crippen LogP contribution in [0.1, 0.15) is 85.4 Å². The van der Waals surface area contributed by atoms with Crippen molar-refractivity contribution >= 4 is 27.3 Å². The van der Waals surface area contributed by atoms with Crippen LogP contribution in [0.4, 0.5) is 11.4 Å². The first kappa shape index (κ1) is 23.0. The highest BCUT2D eigenvalue weighted by molar-refractivity contribution is 7.92. The summed E-state index contributed by atoms with van der Waals surface area (Å²) in [5.74, 6) is 0.232. The Morgan fingerprint density at radius 1 is 1.06 bits per heavy atom. The zero-order chi connectivity index (χ0) is 24.4. The number of benzene rings is 2. The van der Waals surface area contributed by atoms with Crippen LogP contribution in [0.5, 0.6) is 0 Å².